The maximum Gasteiger partial charge on any atom is 0.290 e. The molecule has 4 heteroatoms. The predicted octanol–water partition coefficient (Wildman–Crippen LogP) is 3.83. The smallest absolute Gasteiger partial charge is 0.290 e. The van der Waals surface area contributed by atoms with Gasteiger partial charge in [0.05, 0.1) is 18.8 Å². The van der Waals surface area contributed by atoms with E-state index in [9.17, 15) is 4.79 Å². The van der Waals surface area contributed by atoms with E-state index in [1.54, 1.807) is 0 Å². The molecule has 0 N–H and O–H groups in total. The maximum atomic E-state index is 13.0. The van der Waals surface area contributed by atoms with E-state index in [0.29, 0.717) is 25.5 Å². The van der Waals surface area contributed by atoms with E-state index in [1.807, 2.05) is 30.9 Å². The molecule has 1 spiro atoms. The highest BCUT2D eigenvalue weighted by Crippen LogP contribution is 2.36. The molecular weight excluding hydrogens is 290 g/mol. The number of benzene rings is 1. The average Bonchev–Trinajstić information content (AvgIpc) is 3.11. The van der Waals surface area contributed by atoms with E-state index in [-0.39, 0.29) is 11.5 Å². The Labute approximate surface area is 136 Å². The molecule has 0 radical (unpaired) electrons. The Balaban J connectivity index is 1.65. The molecule has 4 nitrogen and oxygen atoms in total. The zero-order chi connectivity index (χ0) is 16.0. The summed E-state index contributed by atoms with van der Waals surface area (Å²) >= 11 is 0. The van der Waals surface area contributed by atoms with E-state index in [1.165, 1.54) is 12.8 Å². The molecule has 1 amide bonds. The SMILES string of the molecule is Cc1ccc2c(C)c(C(=O)N3CCOC4(CCCC4)C3)oc2c1. The number of hydrogen-bond donors (Lipinski definition) is 0. The summed E-state index contributed by atoms with van der Waals surface area (Å²) in [4.78, 5) is 14.9. The first-order chi connectivity index (χ1) is 11.1. The fourth-order valence-corrected chi connectivity index (χ4v) is 4.02. The fraction of sp³-hybridized carbons (Fsp3) is 0.526. The molecule has 1 aliphatic carbocycles. The lowest BCUT2D eigenvalue weighted by atomic mass is 9.99. The van der Waals surface area contributed by atoms with Crippen LogP contribution in [0.4, 0.5) is 0 Å². The fourth-order valence-electron chi connectivity index (χ4n) is 4.02. The number of fused-ring (bicyclic) bond motifs is 1. The van der Waals surface area contributed by atoms with E-state index in [2.05, 4.69) is 6.07 Å². The van der Waals surface area contributed by atoms with Gasteiger partial charge in [0.15, 0.2) is 5.76 Å². The van der Waals surface area contributed by atoms with Crippen LogP contribution in [0.5, 0.6) is 0 Å². The van der Waals surface area contributed by atoms with Crippen molar-refractivity contribution >= 4 is 16.9 Å². The van der Waals surface area contributed by atoms with Gasteiger partial charge >= 0.3 is 0 Å². The van der Waals surface area contributed by atoms with Gasteiger partial charge in [-0.15, -0.1) is 0 Å². The molecular formula is C19H23NO3. The van der Waals surface area contributed by atoms with E-state index in [0.717, 1.165) is 34.9 Å². The molecule has 0 bridgehead atoms. The zero-order valence-corrected chi connectivity index (χ0v) is 13.9. The Kier molecular flexibility index (Phi) is 3.45. The number of hydrogen-bond acceptors (Lipinski definition) is 3. The number of furan rings is 1. The van der Waals surface area contributed by atoms with Crippen molar-refractivity contribution in [3.05, 3.63) is 35.1 Å². The predicted molar refractivity (Wildman–Crippen MR) is 88.7 cm³/mol. The van der Waals surface area contributed by atoms with Crippen LogP contribution in [-0.2, 0) is 4.74 Å². The maximum absolute atomic E-state index is 13.0. The highest BCUT2D eigenvalue weighted by atomic mass is 16.5. The largest absolute Gasteiger partial charge is 0.451 e. The Hall–Kier alpha value is -1.81. The summed E-state index contributed by atoms with van der Waals surface area (Å²) in [7, 11) is 0. The second kappa shape index (κ2) is 5.38. The van der Waals surface area contributed by atoms with Crippen molar-refractivity contribution in [2.75, 3.05) is 19.7 Å². The molecule has 2 heterocycles. The van der Waals surface area contributed by atoms with Gasteiger partial charge in [-0.1, -0.05) is 25.0 Å². The minimum Gasteiger partial charge on any atom is -0.451 e. The van der Waals surface area contributed by atoms with Crippen molar-refractivity contribution in [2.45, 2.75) is 45.1 Å². The summed E-state index contributed by atoms with van der Waals surface area (Å²) in [6.07, 6.45) is 4.53. The van der Waals surface area contributed by atoms with Crippen molar-refractivity contribution in [3.8, 4) is 0 Å². The first-order valence-corrected chi connectivity index (χ1v) is 8.51. The second-order valence-corrected chi connectivity index (χ2v) is 7.02. The van der Waals surface area contributed by atoms with Crippen molar-refractivity contribution in [1.82, 2.24) is 4.90 Å². The number of carbonyl (C=O) groups is 1. The Bertz CT molecular complexity index is 755. The molecule has 1 aromatic carbocycles. The van der Waals surface area contributed by atoms with Gasteiger partial charge in [-0.25, -0.2) is 0 Å². The molecule has 1 saturated carbocycles. The standard InChI is InChI=1S/C19H23NO3/c1-13-5-6-15-14(2)17(23-16(15)11-13)18(21)20-9-10-22-19(12-20)7-3-4-8-19/h5-6,11H,3-4,7-10,12H2,1-2H3. The summed E-state index contributed by atoms with van der Waals surface area (Å²) in [6.45, 7) is 5.98. The molecule has 1 saturated heterocycles. The summed E-state index contributed by atoms with van der Waals surface area (Å²) in [5.41, 5.74) is 2.78. The number of morpholine rings is 1. The van der Waals surface area contributed by atoms with Crippen LogP contribution >= 0.6 is 0 Å². The molecule has 4 rings (SSSR count). The van der Waals surface area contributed by atoms with Crippen LogP contribution in [0.3, 0.4) is 0 Å². The van der Waals surface area contributed by atoms with Crippen molar-refractivity contribution in [1.29, 1.82) is 0 Å². The average molecular weight is 313 g/mol. The third-order valence-corrected chi connectivity index (χ3v) is 5.34. The number of amides is 1. The minimum atomic E-state index is -0.107. The highest BCUT2D eigenvalue weighted by molar-refractivity contribution is 5.99. The lowest BCUT2D eigenvalue weighted by molar-refractivity contribution is -0.0952. The van der Waals surface area contributed by atoms with Crippen LogP contribution in [-0.4, -0.2) is 36.1 Å². The van der Waals surface area contributed by atoms with Gasteiger partial charge in [-0.05, 0) is 38.3 Å². The lowest BCUT2D eigenvalue weighted by Gasteiger charge is -2.40. The van der Waals surface area contributed by atoms with Crippen LogP contribution in [0.1, 0.15) is 47.4 Å². The normalized spacial score (nSPS) is 20.5. The molecule has 1 aliphatic heterocycles. The van der Waals surface area contributed by atoms with Gasteiger partial charge < -0.3 is 14.1 Å². The second-order valence-electron chi connectivity index (χ2n) is 7.02. The van der Waals surface area contributed by atoms with Gasteiger partial charge in [-0.3, -0.25) is 4.79 Å². The molecule has 23 heavy (non-hydrogen) atoms. The van der Waals surface area contributed by atoms with Gasteiger partial charge in [0.1, 0.15) is 5.58 Å². The molecule has 1 aromatic heterocycles. The summed E-state index contributed by atoms with van der Waals surface area (Å²) in [5, 5.41) is 1.03. The van der Waals surface area contributed by atoms with Gasteiger partial charge in [0.2, 0.25) is 0 Å². The van der Waals surface area contributed by atoms with E-state index >= 15 is 0 Å². The molecule has 122 valence electrons. The van der Waals surface area contributed by atoms with Gasteiger partial charge in [0.25, 0.3) is 5.91 Å². The van der Waals surface area contributed by atoms with E-state index < -0.39 is 0 Å². The van der Waals surface area contributed by atoms with Crippen LogP contribution < -0.4 is 0 Å². The lowest BCUT2D eigenvalue weighted by Crippen LogP contribution is -2.52. The van der Waals surface area contributed by atoms with Crippen molar-refractivity contribution in [3.63, 3.8) is 0 Å². The summed E-state index contributed by atoms with van der Waals surface area (Å²) < 4.78 is 11.9. The number of aryl methyl sites for hydroxylation is 2. The van der Waals surface area contributed by atoms with Gasteiger partial charge in [0, 0.05) is 17.5 Å². The van der Waals surface area contributed by atoms with Crippen molar-refractivity contribution in [2.24, 2.45) is 0 Å². The third-order valence-electron chi connectivity index (χ3n) is 5.34. The van der Waals surface area contributed by atoms with Crippen LogP contribution in [0, 0.1) is 13.8 Å². The van der Waals surface area contributed by atoms with Crippen LogP contribution in [0.2, 0.25) is 0 Å². The van der Waals surface area contributed by atoms with Crippen LogP contribution in [0.25, 0.3) is 11.0 Å². The summed E-state index contributed by atoms with van der Waals surface area (Å²) in [6, 6.07) is 6.09. The molecule has 0 unspecified atom stereocenters. The van der Waals surface area contributed by atoms with Crippen LogP contribution in [0.15, 0.2) is 22.6 Å². The third kappa shape index (κ3) is 2.45. The Morgan fingerprint density at radius 3 is 2.78 bits per heavy atom. The number of ether oxygens (including phenoxy) is 1. The van der Waals surface area contributed by atoms with E-state index in [4.69, 9.17) is 9.15 Å². The number of nitrogens with zero attached hydrogens (tertiary/aromatic N) is 1. The van der Waals surface area contributed by atoms with Gasteiger partial charge in [-0.2, -0.15) is 0 Å². The quantitative estimate of drug-likeness (QED) is 0.803. The number of rotatable bonds is 1. The first-order valence-electron chi connectivity index (χ1n) is 8.51. The molecule has 2 aromatic rings. The monoisotopic (exact) mass is 313 g/mol. The first kappa shape index (κ1) is 14.8. The molecule has 2 aliphatic rings. The summed E-state index contributed by atoms with van der Waals surface area (Å²) in [5.74, 6) is 0.492. The van der Waals surface area contributed by atoms with Crippen molar-refractivity contribution < 1.29 is 13.9 Å². The Morgan fingerprint density at radius 1 is 1.22 bits per heavy atom. The topological polar surface area (TPSA) is 42.7 Å². The zero-order valence-electron chi connectivity index (χ0n) is 13.9. The number of carbonyl (C=O) groups excluding carboxylic acids is 1. The Morgan fingerprint density at radius 2 is 2.00 bits per heavy atom. The molecule has 2 fully saturated rings. The minimum absolute atomic E-state index is 0.00549. The highest BCUT2D eigenvalue weighted by Gasteiger charge is 2.41. The molecule has 0 atom stereocenters.